The fourth-order valence-corrected chi connectivity index (χ4v) is 3.87. The van der Waals surface area contributed by atoms with Crippen molar-refractivity contribution in [3.63, 3.8) is 0 Å². The second-order valence-corrected chi connectivity index (χ2v) is 7.17. The minimum Gasteiger partial charge on any atom is -0.354 e. The van der Waals surface area contributed by atoms with E-state index in [4.69, 9.17) is 0 Å². The first kappa shape index (κ1) is 17.8. The van der Waals surface area contributed by atoms with Crippen LogP contribution in [-0.4, -0.2) is 61.7 Å². The summed E-state index contributed by atoms with van der Waals surface area (Å²) in [5.41, 5.74) is 1.85. The van der Waals surface area contributed by atoms with Crippen LogP contribution in [0.25, 0.3) is 0 Å². The molecule has 0 aliphatic carbocycles. The lowest BCUT2D eigenvalue weighted by Gasteiger charge is -2.35. The quantitative estimate of drug-likeness (QED) is 0.796. The van der Waals surface area contributed by atoms with Crippen molar-refractivity contribution in [2.45, 2.75) is 12.8 Å². The van der Waals surface area contributed by atoms with Gasteiger partial charge in [0.05, 0.1) is 17.9 Å². The summed E-state index contributed by atoms with van der Waals surface area (Å²) >= 11 is 0. The molecule has 27 heavy (non-hydrogen) atoms. The Labute approximate surface area is 160 Å². The van der Waals surface area contributed by atoms with Crippen molar-refractivity contribution in [1.82, 2.24) is 15.2 Å². The summed E-state index contributed by atoms with van der Waals surface area (Å²) in [4.78, 5) is 23.6. The lowest BCUT2D eigenvalue weighted by molar-refractivity contribution is 0.0947. The van der Waals surface area contributed by atoms with Crippen molar-refractivity contribution < 1.29 is 4.79 Å². The Hall–Kier alpha value is -2.60. The molecular formula is C21H27N5O. The number of nitrogens with zero attached hydrogens (tertiary/aromatic N) is 4. The third-order valence-corrected chi connectivity index (χ3v) is 5.42. The highest BCUT2D eigenvalue weighted by Gasteiger charge is 2.22. The molecule has 0 atom stereocenters. The number of para-hydroxylation sites is 1. The highest BCUT2D eigenvalue weighted by Crippen LogP contribution is 2.23. The van der Waals surface area contributed by atoms with E-state index in [2.05, 4.69) is 37.1 Å². The number of aromatic nitrogens is 1. The van der Waals surface area contributed by atoms with E-state index >= 15 is 0 Å². The average Bonchev–Trinajstić information content (AvgIpc) is 2.74. The van der Waals surface area contributed by atoms with Gasteiger partial charge in [0.1, 0.15) is 5.82 Å². The minimum atomic E-state index is 0.0348. The van der Waals surface area contributed by atoms with Crippen molar-refractivity contribution in [3.05, 3.63) is 54.2 Å². The Balaban J connectivity index is 1.19. The molecule has 3 heterocycles. The summed E-state index contributed by atoms with van der Waals surface area (Å²) in [6.45, 7) is 7.01. The smallest absolute Gasteiger partial charge is 0.254 e. The highest BCUT2D eigenvalue weighted by molar-refractivity contribution is 6.01. The Morgan fingerprint density at radius 2 is 1.70 bits per heavy atom. The summed E-state index contributed by atoms with van der Waals surface area (Å²) in [6.07, 6.45) is 4.17. The molecule has 2 aliphatic rings. The van der Waals surface area contributed by atoms with Crippen LogP contribution in [0.1, 0.15) is 23.2 Å². The van der Waals surface area contributed by atoms with Gasteiger partial charge < -0.3 is 15.1 Å². The molecule has 6 nitrogen and oxygen atoms in total. The van der Waals surface area contributed by atoms with Gasteiger partial charge in [-0.15, -0.1) is 0 Å². The molecule has 1 aromatic heterocycles. The number of amides is 1. The van der Waals surface area contributed by atoms with E-state index in [1.807, 2.05) is 36.5 Å². The third kappa shape index (κ3) is 4.22. The molecule has 6 heteroatoms. The van der Waals surface area contributed by atoms with Crippen molar-refractivity contribution in [1.29, 1.82) is 0 Å². The van der Waals surface area contributed by atoms with Crippen LogP contribution in [0.2, 0.25) is 0 Å². The number of carbonyl (C=O) groups is 1. The van der Waals surface area contributed by atoms with Gasteiger partial charge in [-0.2, -0.15) is 0 Å². The summed E-state index contributed by atoms with van der Waals surface area (Å²) in [5.74, 6) is 1.12. The maximum absolute atomic E-state index is 11.9. The topological polar surface area (TPSA) is 51.7 Å². The normalized spacial score (nSPS) is 17.6. The SMILES string of the molecule is O=C1NCN(CCCCN2CCN(c3ccccn3)CC2)c2ccccc21. The van der Waals surface area contributed by atoms with Gasteiger partial charge in [0.15, 0.2) is 0 Å². The molecule has 0 bridgehead atoms. The number of piperazine rings is 1. The summed E-state index contributed by atoms with van der Waals surface area (Å²) in [6, 6.07) is 14.0. The van der Waals surface area contributed by atoms with E-state index in [9.17, 15) is 4.79 Å². The fraction of sp³-hybridized carbons (Fsp3) is 0.429. The van der Waals surface area contributed by atoms with E-state index in [1.165, 1.54) is 6.42 Å². The molecule has 0 saturated carbocycles. The molecule has 0 radical (unpaired) electrons. The predicted octanol–water partition coefficient (Wildman–Crippen LogP) is 2.19. The van der Waals surface area contributed by atoms with Crippen LogP contribution in [0.5, 0.6) is 0 Å². The maximum atomic E-state index is 11.9. The summed E-state index contributed by atoms with van der Waals surface area (Å²) in [7, 11) is 0. The summed E-state index contributed by atoms with van der Waals surface area (Å²) in [5, 5.41) is 2.96. The second-order valence-electron chi connectivity index (χ2n) is 7.17. The number of pyridine rings is 1. The van der Waals surface area contributed by atoms with Gasteiger partial charge in [-0.25, -0.2) is 4.98 Å². The minimum absolute atomic E-state index is 0.0348. The van der Waals surface area contributed by atoms with E-state index in [-0.39, 0.29) is 5.91 Å². The van der Waals surface area contributed by atoms with Crippen LogP contribution >= 0.6 is 0 Å². The Kier molecular flexibility index (Phi) is 5.53. The van der Waals surface area contributed by atoms with Crippen LogP contribution in [0.4, 0.5) is 11.5 Å². The van der Waals surface area contributed by atoms with Crippen molar-refractivity contribution >= 4 is 17.4 Å². The number of carbonyl (C=O) groups excluding carboxylic acids is 1. The number of nitrogens with one attached hydrogen (secondary N) is 1. The lowest BCUT2D eigenvalue weighted by atomic mass is 10.1. The zero-order valence-electron chi connectivity index (χ0n) is 15.7. The van der Waals surface area contributed by atoms with Crippen LogP contribution in [0.3, 0.4) is 0 Å². The Morgan fingerprint density at radius 1 is 0.926 bits per heavy atom. The van der Waals surface area contributed by atoms with E-state index in [0.29, 0.717) is 6.67 Å². The summed E-state index contributed by atoms with van der Waals surface area (Å²) < 4.78 is 0. The van der Waals surface area contributed by atoms with Gasteiger partial charge >= 0.3 is 0 Å². The molecule has 142 valence electrons. The molecule has 1 aromatic carbocycles. The molecule has 4 rings (SSSR count). The van der Waals surface area contributed by atoms with Crippen molar-refractivity contribution in [2.24, 2.45) is 0 Å². The van der Waals surface area contributed by atoms with Crippen LogP contribution in [-0.2, 0) is 0 Å². The molecule has 1 saturated heterocycles. The molecule has 0 spiro atoms. The molecule has 2 aromatic rings. The number of benzene rings is 1. The first-order valence-corrected chi connectivity index (χ1v) is 9.82. The largest absolute Gasteiger partial charge is 0.354 e. The third-order valence-electron chi connectivity index (χ3n) is 5.42. The first-order chi connectivity index (χ1) is 13.3. The van der Waals surface area contributed by atoms with Gasteiger partial charge in [0, 0.05) is 38.9 Å². The average molecular weight is 365 g/mol. The first-order valence-electron chi connectivity index (χ1n) is 9.82. The Morgan fingerprint density at radius 3 is 2.52 bits per heavy atom. The molecular weight excluding hydrogens is 338 g/mol. The van der Waals surface area contributed by atoms with Crippen LogP contribution in [0.15, 0.2) is 48.7 Å². The Bertz CT molecular complexity index is 758. The predicted molar refractivity (Wildman–Crippen MR) is 108 cm³/mol. The second kappa shape index (κ2) is 8.39. The number of fused-ring (bicyclic) bond motifs is 1. The molecule has 1 fully saturated rings. The maximum Gasteiger partial charge on any atom is 0.254 e. The van der Waals surface area contributed by atoms with Gasteiger partial charge in [-0.3, -0.25) is 9.69 Å². The molecule has 0 unspecified atom stereocenters. The van der Waals surface area contributed by atoms with E-state index in [1.54, 1.807) is 0 Å². The van der Waals surface area contributed by atoms with Crippen molar-refractivity contribution in [3.8, 4) is 0 Å². The monoisotopic (exact) mass is 365 g/mol. The number of hydrogen-bond donors (Lipinski definition) is 1. The zero-order chi connectivity index (χ0) is 18.5. The van der Waals surface area contributed by atoms with Crippen LogP contribution in [0, 0.1) is 0 Å². The van der Waals surface area contributed by atoms with Gasteiger partial charge in [0.2, 0.25) is 0 Å². The van der Waals surface area contributed by atoms with E-state index in [0.717, 1.165) is 62.8 Å². The van der Waals surface area contributed by atoms with Crippen LogP contribution < -0.4 is 15.1 Å². The molecule has 2 aliphatic heterocycles. The molecule has 1 amide bonds. The highest BCUT2D eigenvalue weighted by atomic mass is 16.2. The van der Waals surface area contributed by atoms with Crippen molar-refractivity contribution in [2.75, 3.05) is 55.7 Å². The molecule has 1 N–H and O–H groups in total. The number of anilines is 2. The van der Waals surface area contributed by atoms with Gasteiger partial charge in [0.25, 0.3) is 5.91 Å². The van der Waals surface area contributed by atoms with E-state index < -0.39 is 0 Å². The number of unbranched alkanes of at least 4 members (excludes halogenated alkanes) is 1. The van der Waals surface area contributed by atoms with Gasteiger partial charge in [-0.1, -0.05) is 18.2 Å². The van der Waals surface area contributed by atoms with Gasteiger partial charge in [-0.05, 0) is 43.7 Å². The zero-order valence-corrected chi connectivity index (χ0v) is 15.7. The standard InChI is InChI=1S/C21H27N5O/c27-21-18-7-1-2-8-19(18)26(17-23-21)12-6-5-11-24-13-15-25(16-14-24)20-9-3-4-10-22-20/h1-4,7-10H,5-6,11-17H2,(H,23,27). The number of rotatable bonds is 6. The fourth-order valence-electron chi connectivity index (χ4n) is 3.87. The number of hydrogen-bond acceptors (Lipinski definition) is 5. The lowest BCUT2D eigenvalue weighted by Crippen LogP contribution is -2.47.